The summed E-state index contributed by atoms with van der Waals surface area (Å²) in [6, 6.07) is 7.17. The zero-order chi connectivity index (χ0) is 18.2. The van der Waals surface area contributed by atoms with Crippen molar-refractivity contribution in [3.05, 3.63) is 35.4 Å². The van der Waals surface area contributed by atoms with Crippen molar-refractivity contribution in [2.75, 3.05) is 6.54 Å². The van der Waals surface area contributed by atoms with Crippen LogP contribution in [-0.2, 0) is 11.3 Å². The number of benzene rings is 1. The first-order chi connectivity index (χ1) is 11.9. The molecule has 1 aliphatic rings. The number of nitrogens with one attached hydrogen (secondary N) is 2. The molecule has 25 heavy (non-hydrogen) atoms. The predicted octanol–water partition coefficient (Wildman–Crippen LogP) is 2.63. The highest BCUT2D eigenvalue weighted by atomic mass is 16.3. The van der Waals surface area contributed by atoms with E-state index >= 15 is 0 Å². The number of aliphatic hydroxyl groups excluding tert-OH is 1. The van der Waals surface area contributed by atoms with E-state index < -0.39 is 6.10 Å². The highest BCUT2D eigenvalue weighted by molar-refractivity contribution is 5.94. The summed E-state index contributed by atoms with van der Waals surface area (Å²) in [5.74, 6) is 0.988. The summed E-state index contributed by atoms with van der Waals surface area (Å²) in [4.78, 5) is 23.8. The summed E-state index contributed by atoms with van der Waals surface area (Å²) < 4.78 is 0. The average molecular weight is 346 g/mol. The van der Waals surface area contributed by atoms with Gasteiger partial charge in [0.15, 0.2) is 0 Å². The quantitative estimate of drug-likeness (QED) is 0.609. The zero-order valence-electron chi connectivity index (χ0n) is 15.3. The van der Waals surface area contributed by atoms with E-state index in [0.29, 0.717) is 31.0 Å². The maximum absolute atomic E-state index is 12.1. The van der Waals surface area contributed by atoms with Crippen molar-refractivity contribution in [1.82, 2.24) is 10.6 Å². The highest BCUT2D eigenvalue weighted by Gasteiger charge is 2.22. The lowest BCUT2D eigenvalue weighted by molar-refractivity contribution is -0.121. The van der Waals surface area contributed by atoms with Gasteiger partial charge in [-0.2, -0.15) is 0 Å². The Morgan fingerprint density at radius 2 is 1.84 bits per heavy atom. The first kappa shape index (κ1) is 19.4. The maximum atomic E-state index is 12.1. The molecule has 2 rings (SSSR count). The van der Waals surface area contributed by atoms with Crippen LogP contribution in [0.25, 0.3) is 0 Å². The smallest absolute Gasteiger partial charge is 0.251 e. The molecule has 0 heterocycles. The number of aliphatic hydroxyl groups is 1. The molecule has 3 N–H and O–H groups in total. The third-order valence-electron chi connectivity index (χ3n) is 4.40. The molecule has 1 saturated carbocycles. The number of carbonyl (C=O) groups excluding carboxylic acids is 2. The van der Waals surface area contributed by atoms with Gasteiger partial charge in [-0.3, -0.25) is 9.59 Å². The van der Waals surface area contributed by atoms with Gasteiger partial charge < -0.3 is 15.7 Å². The van der Waals surface area contributed by atoms with Gasteiger partial charge in [0.1, 0.15) is 0 Å². The van der Waals surface area contributed by atoms with Crippen LogP contribution < -0.4 is 10.6 Å². The summed E-state index contributed by atoms with van der Waals surface area (Å²) in [6.07, 6.45) is 4.41. The molecule has 1 aromatic rings. The molecule has 5 nitrogen and oxygen atoms in total. The van der Waals surface area contributed by atoms with E-state index in [4.69, 9.17) is 0 Å². The van der Waals surface area contributed by atoms with E-state index in [1.807, 2.05) is 26.0 Å². The van der Waals surface area contributed by atoms with E-state index in [-0.39, 0.29) is 11.8 Å². The summed E-state index contributed by atoms with van der Waals surface area (Å²) >= 11 is 0. The standard InChI is InChI=1S/C20H30N2O3/c1-14(2)11-19(24)21-12-16-5-8-17(9-6-16)20(25)22-13-18(23)10-7-15-3-4-15/h5-6,8-9,14-15,18,23H,3-4,7,10-13H2,1-2H3,(H,21,24)(H,22,25). The highest BCUT2D eigenvalue weighted by Crippen LogP contribution is 2.33. The Morgan fingerprint density at radius 3 is 2.44 bits per heavy atom. The fourth-order valence-electron chi connectivity index (χ4n) is 2.67. The van der Waals surface area contributed by atoms with Crippen molar-refractivity contribution in [3.8, 4) is 0 Å². The Kier molecular flexibility index (Phi) is 7.44. The van der Waals surface area contributed by atoms with E-state index in [2.05, 4.69) is 10.6 Å². The molecule has 0 saturated heterocycles. The minimum Gasteiger partial charge on any atom is -0.391 e. The van der Waals surface area contributed by atoms with Crippen molar-refractivity contribution < 1.29 is 14.7 Å². The molecule has 0 aromatic heterocycles. The molecule has 2 amide bonds. The van der Waals surface area contributed by atoms with Crippen LogP contribution in [-0.4, -0.2) is 29.6 Å². The Balaban J connectivity index is 1.70. The molecule has 0 aliphatic heterocycles. The molecule has 1 atom stereocenters. The number of hydrogen-bond donors (Lipinski definition) is 3. The molecule has 1 unspecified atom stereocenters. The van der Waals surface area contributed by atoms with E-state index in [1.54, 1.807) is 12.1 Å². The first-order valence-corrected chi connectivity index (χ1v) is 9.26. The lowest BCUT2D eigenvalue weighted by atomic mass is 10.1. The van der Waals surface area contributed by atoms with Gasteiger partial charge in [-0.1, -0.05) is 38.8 Å². The van der Waals surface area contributed by atoms with Crippen LogP contribution in [0.4, 0.5) is 0 Å². The summed E-state index contributed by atoms with van der Waals surface area (Å²) in [5, 5.41) is 15.5. The minimum atomic E-state index is -0.472. The van der Waals surface area contributed by atoms with Gasteiger partial charge in [-0.25, -0.2) is 0 Å². The fourth-order valence-corrected chi connectivity index (χ4v) is 2.67. The SMILES string of the molecule is CC(C)CC(=O)NCc1ccc(C(=O)NCC(O)CCC2CC2)cc1. The van der Waals surface area contributed by atoms with Crippen molar-refractivity contribution >= 4 is 11.8 Å². The largest absolute Gasteiger partial charge is 0.391 e. The van der Waals surface area contributed by atoms with Gasteiger partial charge in [-0.05, 0) is 42.4 Å². The molecule has 5 heteroatoms. The second-order valence-corrected chi connectivity index (χ2v) is 7.46. The van der Waals surface area contributed by atoms with Crippen molar-refractivity contribution in [3.63, 3.8) is 0 Å². The van der Waals surface area contributed by atoms with Crippen molar-refractivity contribution in [1.29, 1.82) is 0 Å². The number of amides is 2. The van der Waals surface area contributed by atoms with E-state index in [1.165, 1.54) is 12.8 Å². The van der Waals surface area contributed by atoms with Crippen molar-refractivity contribution in [2.24, 2.45) is 11.8 Å². The Hall–Kier alpha value is -1.88. The molecule has 0 radical (unpaired) electrons. The summed E-state index contributed by atoms with van der Waals surface area (Å²) in [7, 11) is 0. The molecule has 1 aliphatic carbocycles. The molecular formula is C20H30N2O3. The van der Waals surface area contributed by atoms with Crippen LogP contribution in [0, 0.1) is 11.8 Å². The lowest BCUT2D eigenvalue weighted by Crippen LogP contribution is -2.32. The minimum absolute atomic E-state index is 0.0389. The molecule has 0 spiro atoms. The van der Waals surface area contributed by atoms with Crippen LogP contribution in [0.3, 0.4) is 0 Å². The van der Waals surface area contributed by atoms with Gasteiger partial charge in [0.25, 0.3) is 5.91 Å². The van der Waals surface area contributed by atoms with E-state index in [9.17, 15) is 14.7 Å². The predicted molar refractivity (Wildman–Crippen MR) is 98.0 cm³/mol. The van der Waals surface area contributed by atoms with Gasteiger partial charge in [0.05, 0.1) is 6.10 Å². The molecule has 1 aromatic carbocycles. The second kappa shape index (κ2) is 9.56. The van der Waals surface area contributed by atoms with Crippen LogP contribution in [0.2, 0.25) is 0 Å². The van der Waals surface area contributed by atoms with Gasteiger partial charge >= 0.3 is 0 Å². The molecular weight excluding hydrogens is 316 g/mol. The lowest BCUT2D eigenvalue weighted by Gasteiger charge is -2.12. The Labute approximate surface area is 150 Å². The van der Waals surface area contributed by atoms with Crippen LogP contribution in [0.15, 0.2) is 24.3 Å². The first-order valence-electron chi connectivity index (χ1n) is 9.26. The number of rotatable bonds is 10. The second-order valence-electron chi connectivity index (χ2n) is 7.46. The third-order valence-corrected chi connectivity index (χ3v) is 4.40. The van der Waals surface area contributed by atoms with E-state index in [0.717, 1.165) is 24.3 Å². The third kappa shape index (κ3) is 7.69. The molecule has 138 valence electrons. The van der Waals surface area contributed by atoms with Gasteiger partial charge in [-0.15, -0.1) is 0 Å². The van der Waals surface area contributed by atoms with Gasteiger partial charge in [0, 0.05) is 25.1 Å². The molecule has 1 fully saturated rings. The Bertz CT molecular complexity index is 565. The zero-order valence-corrected chi connectivity index (χ0v) is 15.3. The van der Waals surface area contributed by atoms with Crippen LogP contribution >= 0.6 is 0 Å². The Morgan fingerprint density at radius 1 is 1.16 bits per heavy atom. The summed E-state index contributed by atoms with van der Waals surface area (Å²) in [5.41, 5.74) is 1.52. The monoisotopic (exact) mass is 346 g/mol. The fraction of sp³-hybridized carbons (Fsp3) is 0.600. The topological polar surface area (TPSA) is 78.4 Å². The normalized spacial score (nSPS) is 15.0. The van der Waals surface area contributed by atoms with Crippen LogP contribution in [0.1, 0.15) is 61.9 Å². The average Bonchev–Trinajstić information content (AvgIpc) is 3.40. The number of carbonyl (C=O) groups is 2. The maximum Gasteiger partial charge on any atom is 0.251 e. The van der Waals surface area contributed by atoms with Crippen LogP contribution in [0.5, 0.6) is 0 Å². The summed E-state index contributed by atoms with van der Waals surface area (Å²) in [6.45, 7) is 4.78. The van der Waals surface area contributed by atoms with Gasteiger partial charge in [0.2, 0.25) is 5.91 Å². The number of hydrogen-bond acceptors (Lipinski definition) is 3. The molecule has 0 bridgehead atoms. The van der Waals surface area contributed by atoms with Crippen molar-refractivity contribution in [2.45, 2.75) is 58.6 Å².